The molecule has 1 aliphatic rings. The number of halogens is 1. The molecule has 0 fully saturated rings. The van der Waals surface area contributed by atoms with Crippen molar-refractivity contribution < 1.29 is 32.2 Å². The lowest BCUT2D eigenvalue weighted by molar-refractivity contribution is -0.127. The van der Waals surface area contributed by atoms with Crippen LogP contribution in [0.3, 0.4) is 0 Å². The summed E-state index contributed by atoms with van der Waals surface area (Å²) in [6.45, 7) is 0.750. The first-order valence-electron chi connectivity index (χ1n) is 13.5. The average molecular weight is 616 g/mol. The van der Waals surface area contributed by atoms with Crippen LogP contribution >= 0.6 is 11.8 Å². The van der Waals surface area contributed by atoms with E-state index in [1.54, 1.807) is 66.4 Å². The first kappa shape index (κ1) is 31.5. The third-order valence-corrected chi connectivity index (χ3v) is 9.26. The van der Waals surface area contributed by atoms with E-state index in [2.05, 4.69) is 15.8 Å². The lowest BCUT2D eigenvalue weighted by Crippen LogP contribution is -2.52. The molecule has 12 heteroatoms. The molecule has 0 unspecified atom stereocenters. The smallest absolute Gasteiger partial charge is 0.265 e. The number of hydrogen-bond acceptors (Lipinski definition) is 9. The van der Waals surface area contributed by atoms with Gasteiger partial charge in [-0.1, -0.05) is 30.3 Å². The van der Waals surface area contributed by atoms with E-state index in [-0.39, 0.29) is 42.0 Å². The minimum absolute atomic E-state index is 0.0383. The third-order valence-electron chi connectivity index (χ3n) is 6.50. The molecule has 3 N–H and O–H groups in total. The molecule has 0 radical (unpaired) electrons. The van der Waals surface area contributed by atoms with Gasteiger partial charge >= 0.3 is 0 Å². The lowest BCUT2D eigenvalue weighted by atomic mass is 9.98. The van der Waals surface area contributed by atoms with E-state index >= 15 is 0 Å². The van der Waals surface area contributed by atoms with Crippen LogP contribution in [-0.2, 0) is 25.1 Å². The van der Waals surface area contributed by atoms with Crippen molar-refractivity contribution in [3.05, 3.63) is 95.8 Å². The molecule has 1 heterocycles. The largest absolute Gasteiger partial charge is 0.494 e. The Morgan fingerprint density at radius 3 is 2.52 bits per heavy atom. The van der Waals surface area contributed by atoms with Gasteiger partial charge in [-0.3, -0.25) is 10.2 Å². The van der Waals surface area contributed by atoms with E-state index in [0.29, 0.717) is 42.4 Å². The van der Waals surface area contributed by atoms with Crippen LogP contribution in [0.5, 0.6) is 5.75 Å². The number of ether oxygens (including phenoxy) is 2. The van der Waals surface area contributed by atoms with Crippen LogP contribution in [0.25, 0.3) is 0 Å². The fraction of sp³-hybridized carbons (Fsp3) is 0.333. The number of thioether (sulfide) groups is 1. The first-order chi connectivity index (χ1) is 20.3. The monoisotopic (exact) mass is 615 g/mol. The Balaban J connectivity index is 1.40. The van der Waals surface area contributed by atoms with Crippen molar-refractivity contribution in [1.29, 1.82) is 0 Å². The van der Waals surface area contributed by atoms with Gasteiger partial charge < -0.3 is 14.6 Å². The quantitative estimate of drug-likeness (QED) is 0.165. The van der Waals surface area contributed by atoms with Gasteiger partial charge in [0.25, 0.3) is 5.91 Å². The Hall–Kier alpha value is -3.45. The van der Waals surface area contributed by atoms with E-state index in [4.69, 9.17) is 14.6 Å². The normalized spacial score (nSPS) is 16.5. The maximum absolute atomic E-state index is 13.4. The van der Waals surface area contributed by atoms with Crippen LogP contribution in [0.1, 0.15) is 24.0 Å². The highest BCUT2D eigenvalue weighted by Crippen LogP contribution is 2.28. The van der Waals surface area contributed by atoms with Gasteiger partial charge in [-0.25, -0.2) is 23.2 Å². The molecule has 0 spiro atoms. The molecule has 1 atom stereocenters. The molecule has 0 bridgehead atoms. The van der Waals surface area contributed by atoms with Crippen LogP contribution in [0.15, 0.2) is 88.8 Å². The predicted molar refractivity (Wildman–Crippen MR) is 161 cm³/mol. The van der Waals surface area contributed by atoms with Crippen LogP contribution in [-0.4, -0.2) is 68.7 Å². The highest BCUT2D eigenvalue weighted by Gasteiger charge is 2.45. The minimum Gasteiger partial charge on any atom is -0.494 e. The number of carbonyl (C=O) groups excluding carboxylic acids is 1. The molecule has 0 saturated carbocycles. The van der Waals surface area contributed by atoms with E-state index in [0.717, 1.165) is 5.56 Å². The number of sulfone groups is 1. The van der Waals surface area contributed by atoms with Crippen LogP contribution < -0.4 is 15.6 Å². The second kappa shape index (κ2) is 15.1. The summed E-state index contributed by atoms with van der Waals surface area (Å²) < 4.78 is 50.6. The van der Waals surface area contributed by atoms with Crippen molar-refractivity contribution in [1.82, 2.24) is 10.9 Å². The van der Waals surface area contributed by atoms with Crippen LogP contribution in [0.2, 0.25) is 0 Å². The molecule has 3 aromatic carbocycles. The fourth-order valence-corrected chi connectivity index (χ4v) is 6.34. The molecule has 0 aliphatic carbocycles. The average Bonchev–Trinajstić information content (AvgIpc) is 3.45. The second-order valence-corrected chi connectivity index (χ2v) is 12.8. The molecular weight excluding hydrogens is 581 g/mol. The molecule has 1 amide bonds. The van der Waals surface area contributed by atoms with E-state index < -0.39 is 21.3 Å². The van der Waals surface area contributed by atoms with Crippen molar-refractivity contribution in [2.24, 2.45) is 4.99 Å². The molecule has 4 rings (SSSR count). The van der Waals surface area contributed by atoms with Gasteiger partial charge in [0.2, 0.25) is 5.90 Å². The number of hydrogen-bond donors (Lipinski definition) is 3. The van der Waals surface area contributed by atoms with Crippen molar-refractivity contribution in [3.63, 3.8) is 0 Å². The number of aliphatic hydroxyl groups is 1. The zero-order valence-corrected chi connectivity index (χ0v) is 24.6. The zero-order chi connectivity index (χ0) is 29.8. The van der Waals surface area contributed by atoms with E-state index in [9.17, 15) is 17.6 Å². The number of rotatable bonds is 16. The van der Waals surface area contributed by atoms with Crippen LogP contribution in [0.4, 0.5) is 4.39 Å². The third kappa shape index (κ3) is 8.78. The Kier molecular flexibility index (Phi) is 11.4. The molecule has 0 saturated heterocycles. The van der Waals surface area contributed by atoms with Gasteiger partial charge in [0.05, 0.1) is 17.3 Å². The van der Waals surface area contributed by atoms with Crippen molar-refractivity contribution in [2.75, 3.05) is 37.9 Å². The number of nitrogens with zero attached hydrogens (tertiary/aromatic N) is 1. The summed E-state index contributed by atoms with van der Waals surface area (Å²) in [6, 6.07) is 21.4. The predicted octanol–water partition coefficient (Wildman–Crippen LogP) is 3.52. The Bertz CT molecular complexity index is 1440. The summed E-state index contributed by atoms with van der Waals surface area (Å²) in [7, 11) is -3.67. The maximum atomic E-state index is 13.4. The van der Waals surface area contributed by atoms with Crippen molar-refractivity contribution in [3.8, 4) is 5.75 Å². The summed E-state index contributed by atoms with van der Waals surface area (Å²) in [6.07, 6.45) is 0.435. The summed E-state index contributed by atoms with van der Waals surface area (Å²) in [4.78, 5) is 18.2. The standard InChI is InChI=1S/C30H34FN3O6S2/c31-25-11-7-23(8-12-25)21-41-19-16-32-34-29(36)30(15-20-42(37,38)27-5-2-1-3-6-27)22-40-28(33-30)24-9-13-26(14-10-24)39-18-4-17-35/h1-3,5-14,32,35H,4,15-22H2,(H,34,36)/t30-/m0/s1. The van der Waals surface area contributed by atoms with Crippen molar-refractivity contribution in [2.45, 2.75) is 29.0 Å². The van der Waals surface area contributed by atoms with E-state index in [1.165, 1.54) is 24.3 Å². The lowest BCUT2D eigenvalue weighted by Gasteiger charge is -2.23. The maximum Gasteiger partial charge on any atom is 0.265 e. The summed E-state index contributed by atoms with van der Waals surface area (Å²) in [5.74, 6) is 1.16. The number of hydrazine groups is 1. The Morgan fingerprint density at radius 1 is 1.07 bits per heavy atom. The molecule has 9 nitrogen and oxygen atoms in total. The highest BCUT2D eigenvalue weighted by atomic mass is 32.2. The van der Waals surface area contributed by atoms with Crippen molar-refractivity contribution >= 4 is 33.4 Å². The van der Waals surface area contributed by atoms with Crippen LogP contribution in [0, 0.1) is 5.82 Å². The number of benzene rings is 3. The molecular formula is C30H34FN3O6S2. The zero-order valence-electron chi connectivity index (χ0n) is 23.0. The number of aliphatic hydroxyl groups excluding tert-OH is 1. The number of amides is 1. The summed E-state index contributed by atoms with van der Waals surface area (Å²) in [5, 5.41) is 8.93. The molecule has 3 aromatic rings. The molecule has 0 aromatic heterocycles. The highest BCUT2D eigenvalue weighted by molar-refractivity contribution is 7.98. The molecule has 224 valence electrons. The number of carbonyl (C=O) groups is 1. The second-order valence-electron chi connectivity index (χ2n) is 9.63. The molecule has 42 heavy (non-hydrogen) atoms. The van der Waals surface area contributed by atoms with Gasteiger partial charge in [-0.05, 0) is 60.5 Å². The van der Waals surface area contributed by atoms with Gasteiger partial charge in [-0.2, -0.15) is 11.8 Å². The molecule has 1 aliphatic heterocycles. The number of aliphatic imine (C=N–C) groups is 1. The van der Waals surface area contributed by atoms with Gasteiger partial charge in [0, 0.05) is 36.6 Å². The van der Waals surface area contributed by atoms with E-state index in [1.807, 2.05) is 0 Å². The first-order valence-corrected chi connectivity index (χ1v) is 16.3. The Morgan fingerprint density at radius 2 is 1.81 bits per heavy atom. The summed E-state index contributed by atoms with van der Waals surface area (Å²) >= 11 is 1.62. The van der Waals surface area contributed by atoms with Gasteiger partial charge in [0.15, 0.2) is 15.4 Å². The van der Waals surface area contributed by atoms with Gasteiger partial charge in [-0.15, -0.1) is 0 Å². The number of nitrogens with one attached hydrogen (secondary N) is 2. The minimum atomic E-state index is -3.67. The fourth-order valence-electron chi connectivity index (χ4n) is 4.10. The summed E-state index contributed by atoms with van der Waals surface area (Å²) in [5.41, 5.74) is 5.75. The van der Waals surface area contributed by atoms with Gasteiger partial charge in [0.1, 0.15) is 18.2 Å². The Labute approximate surface area is 249 Å². The SMILES string of the molecule is O=C(NNCCSCc1ccc(F)cc1)[C@]1(CCS(=O)(=O)c2ccccc2)COC(c2ccc(OCCCO)cc2)=N1. The topological polar surface area (TPSA) is 126 Å².